The van der Waals surface area contributed by atoms with E-state index in [-0.39, 0.29) is 28.2 Å². The fourth-order valence-electron chi connectivity index (χ4n) is 3.08. The zero-order valence-electron chi connectivity index (χ0n) is 15.4. The van der Waals surface area contributed by atoms with Gasteiger partial charge in [-0.3, -0.25) is 0 Å². The van der Waals surface area contributed by atoms with E-state index in [9.17, 15) is 9.90 Å². The molecule has 0 saturated carbocycles. The van der Waals surface area contributed by atoms with Gasteiger partial charge in [0, 0.05) is 11.1 Å². The van der Waals surface area contributed by atoms with E-state index in [1.165, 1.54) is 4.90 Å². The number of rotatable bonds is 4. The number of carbonyl (C=O) groups excluding carboxylic acids is 1. The molecule has 3 N–H and O–H groups in total. The third-order valence-electron chi connectivity index (χ3n) is 4.38. The van der Waals surface area contributed by atoms with Gasteiger partial charge in [0.25, 0.3) is 0 Å². The van der Waals surface area contributed by atoms with Crippen molar-refractivity contribution in [1.82, 2.24) is 4.98 Å². The average molecular weight is 416 g/mol. The van der Waals surface area contributed by atoms with Crippen LogP contribution < -0.4 is 10.6 Å². The van der Waals surface area contributed by atoms with Gasteiger partial charge in [0.1, 0.15) is 5.82 Å². The third kappa shape index (κ3) is 3.83. The molecule has 0 saturated heterocycles. The van der Waals surface area contributed by atoms with Gasteiger partial charge < -0.3 is 10.8 Å². The van der Waals surface area contributed by atoms with E-state index in [1.807, 2.05) is 32.0 Å². The summed E-state index contributed by atoms with van der Waals surface area (Å²) in [6.45, 7) is 3.77. The summed E-state index contributed by atoms with van der Waals surface area (Å²) in [5, 5.41) is 10.3. The molecule has 5 nitrogen and oxygen atoms in total. The van der Waals surface area contributed by atoms with E-state index >= 15 is 0 Å². The first-order chi connectivity index (χ1) is 13.3. The van der Waals surface area contributed by atoms with Crippen molar-refractivity contribution in [2.45, 2.75) is 20.5 Å². The molecular weight excluding hydrogens is 397 g/mol. The lowest BCUT2D eigenvalue weighted by Crippen LogP contribution is -2.32. The Morgan fingerprint density at radius 1 is 1.11 bits per heavy atom. The van der Waals surface area contributed by atoms with Gasteiger partial charge in [-0.25, -0.2) is 14.7 Å². The molecule has 2 amide bonds. The fraction of sp³-hybridized carbons (Fsp3) is 0.143. The number of benzene rings is 2. The highest BCUT2D eigenvalue weighted by Crippen LogP contribution is 2.38. The van der Waals surface area contributed by atoms with Crippen LogP contribution in [-0.4, -0.2) is 16.1 Å². The first kappa shape index (κ1) is 20.1. The van der Waals surface area contributed by atoms with Gasteiger partial charge in [0.05, 0.1) is 28.0 Å². The van der Waals surface area contributed by atoms with Crippen molar-refractivity contribution in [3.05, 3.63) is 75.3 Å². The Bertz CT molecular complexity index is 1030. The standard InChI is InChI=1S/C21H19Cl2N3O2/c1-12-6-8-15(13(2)10-12)19-14(11-27)7-9-18(25-19)26(21(24)28)20-16(22)4-3-5-17(20)23/h3-10,27H,11H2,1-2H3,(H2,24,28). The molecule has 2 aromatic carbocycles. The van der Waals surface area contributed by atoms with Crippen molar-refractivity contribution >= 4 is 40.7 Å². The molecule has 0 aliphatic rings. The summed E-state index contributed by atoms with van der Waals surface area (Å²) in [5.41, 5.74) is 10.0. The van der Waals surface area contributed by atoms with Gasteiger partial charge in [-0.05, 0) is 37.6 Å². The van der Waals surface area contributed by atoms with Crippen LogP contribution >= 0.6 is 23.2 Å². The Hall–Kier alpha value is -2.60. The van der Waals surface area contributed by atoms with Crippen LogP contribution in [0.15, 0.2) is 48.5 Å². The van der Waals surface area contributed by atoms with Crippen LogP contribution in [0, 0.1) is 13.8 Å². The molecule has 0 unspecified atom stereocenters. The minimum atomic E-state index is -0.772. The zero-order valence-corrected chi connectivity index (χ0v) is 16.9. The molecule has 0 spiro atoms. The van der Waals surface area contributed by atoms with Gasteiger partial charge in [-0.1, -0.05) is 59.1 Å². The minimum absolute atomic E-state index is 0.195. The molecule has 0 radical (unpaired) electrons. The van der Waals surface area contributed by atoms with Crippen LogP contribution in [0.5, 0.6) is 0 Å². The number of para-hydroxylation sites is 1. The lowest BCUT2D eigenvalue weighted by atomic mass is 9.99. The van der Waals surface area contributed by atoms with Crippen LogP contribution in [0.3, 0.4) is 0 Å². The van der Waals surface area contributed by atoms with Gasteiger partial charge in [-0.15, -0.1) is 0 Å². The van der Waals surface area contributed by atoms with E-state index in [0.29, 0.717) is 11.3 Å². The Balaban J connectivity index is 2.23. The second-order valence-corrected chi connectivity index (χ2v) is 7.21. The monoisotopic (exact) mass is 415 g/mol. The predicted octanol–water partition coefficient (Wildman–Crippen LogP) is 5.38. The van der Waals surface area contributed by atoms with E-state index in [0.717, 1.165) is 16.7 Å². The Morgan fingerprint density at radius 2 is 1.79 bits per heavy atom. The number of aryl methyl sites for hydroxylation is 2. The van der Waals surface area contributed by atoms with Crippen molar-refractivity contribution in [3.63, 3.8) is 0 Å². The van der Waals surface area contributed by atoms with E-state index in [4.69, 9.17) is 28.9 Å². The summed E-state index contributed by atoms with van der Waals surface area (Å²) in [4.78, 5) is 18.1. The first-order valence-corrected chi connectivity index (χ1v) is 9.31. The first-order valence-electron chi connectivity index (χ1n) is 8.55. The third-order valence-corrected chi connectivity index (χ3v) is 4.99. The molecule has 3 aromatic rings. The largest absolute Gasteiger partial charge is 0.392 e. The van der Waals surface area contributed by atoms with Crippen molar-refractivity contribution < 1.29 is 9.90 Å². The molecule has 0 atom stereocenters. The fourth-order valence-corrected chi connectivity index (χ4v) is 3.65. The maximum Gasteiger partial charge on any atom is 0.325 e. The molecule has 1 aromatic heterocycles. The van der Waals surface area contributed by atoms with Crippen molar-refractivity contribution in [1.29, 1.82) is 0 Å². The number of aliphatic hydroxyl groups is 1. The van der Waals surface area contributed by atoms with E-state index < -0.39 is 6.03 Å². The van der Waals surface area contributed by atoms with Gasteiger partial charge in [0.2, 0.25) is 0 Å². The number of primary amides is 1. The second kappa shape index (κ2) is 8.19. The quantitative estimate of drug-likeness (QED) is 0.599. The molecule has 3 rings (SSSR count). The van der Waals surface area contributed by atoms with Crippen LogP contribution in [-0.2, 0) is 6.61 Å². The highest BCUT2D eigenvalue weighted by atomic mass is 35.5. The Kier molecular flexibility index (Phi) is 5.89. The normalized spacial score (nSPS) is 10.8. The number of nitrogens with two attached hydrogens (primary N) is 1. The maximum atomic E-state index is 12.3. The topological polar surface area (TPSA) is 79.5 Å². The summed E-state index contributed by atoms with van der Waals surface area (Å²) >= 11 is 12.5. The van der Waals surface area contributed by atoms with Crippen LogP contribution in [0.25, 0.3) is 11.3 Å². The SMILES string of the molecule is Cc1ccc(-c2nc(N(C(N)=O)c3c(Cl)cccc3Cl)ccc2CO)c(C)c1. The molecule has 28 heavy (non-hydrogen) atoms. The number of carbonyl (C=O) groups is 1. The van der Waals surface area contributed by atoms with Crippen molar-refractivity contribution in [3.8, 4) is 11.3 Å². The van der Waals surface area contributed by atoms with Crippen LogP contribution in [0.1, 0.15) is 16.7 Å². The van der Waals surface area contributed by atoms with Crippen molar-refractivity contribution in [2.75, 3.05) is 4.90 Å². The molecule has 1 heterocycles. The number of anilines is 2. The van der Waals surface area contributed by atoms with Crippen molar-refractivity contribution in [2.24, 2.45) is 5.73 Å². The van der Waals surface area contributed by atoms with E-state index in [1.54, 1.807) is 30.3 Å². The maximum absolute atomic E-state index is 12.3. The number of aliphatic hydroxyl groups excluding tert-OH is 1. The molecule has 0 bridgehead atoms. The minimum Gasteiger partial charge on any atom is -0.392 e. The highest BCUT2D eigenvalue weighted by Gasteiger charge is 2.23. The summed E-state index contributed by atoms with van der Waals surface area (Å²) in [6.07, 6.45) is 0. The summed E-state index contributed by atoms with van der Waals surface area (Å²) in [7, 11) is 0. The lowest BCUT2D eigenvalue weighted by Gasteiger charge is -2.23. The van der Waals surface area contributed by atoms with Gasteiger partial charge in [-0.2, -0.15) is 0 Å². The molecule has 144 valence electrons. The number of aromatic nitrogens is 1. The number of pyridine rings is 1. The number of nitrogens with zero attached hydrogens (tertiary/aromatic N) is 2. The summed E-state index contributed by atoms with van der Waals surface area (Å²) in [5.74, 6) is 0.259. The smallest absolute Gasteiger partial charge is 0.325 e. The molecule has 7 heteroatoms. The number of urea groups is 1. The number of hydrogen-bond donors (Lipinski definition) is 2. The Labute approximate surface area is 173 Å². The number of amides is 2. The number of halogens is 2. The summed E-state index contributed by atoms with van der Waals surface area (Å²) < 4.78 is 0. The van der Waals surface area contributed by atoms with Crippen LogP contribution in [0.2, 0.25) is 10.0 Å². The Morgan fingerprint density at radius 3 is 2.36 bits per heavy atom. The van der Waals surface area contributed by atoms with E-state index in [2.05, 4.69) is 4.98 Å². The molecular formula is C21H19Cl2N3O2. The molecule has 0 fully saturated rings. The number of hydrogen-bond acceptors (Lipinski definition) is 3. The second-order valence-electron chi connectivity index (χ2n) is 6.40. The van der Waals surface area contributed by atoms with Gasteiger partial charge in [0.15, 0.2) is 0 Å². The molecule has 0 aliphatic carbocycles. The van der Waals surface area contributed by atoms with Crippen LogP contribution in [0.4, 0.5) is 16.3 Å². The average Bonchev–Trinajstić information content (AvgIpc) is 2.64. The molecule has 0 aliphatic heterocycles. The zero-order chi connectivity index (χ0) is 20.4. The predicted molar refractivity (Wildman–Crippen MR) is 113 cm³/mol. The lowest BCUT2D eigenvalue weighted by molar-refractivity contribution is 0.256. The summed E-state index contributed by atoms with van der Waals surface area (Å²) in [6, 6.07) is 13.4. The van der Waals surface area contributed by atoms with Gasteiger partial charge >= 0.3 is 6.03 Å². The highest BCUT2D eigenvalue weighted by molar-refractivity contribution is 6.40.